The zero-order chi connectivity index (χ0) is 26.5. The topological polar surface area (TPSA) is 87.5 Å². The van der Waals surface area contributed by atoms with E-state index >= 15 is 0 Å². The number of likely N-dealkylation sites (tertiary alicyclic amines) is 1. The molecule has 1 fully saturated rings. The third-order valence-electron chi connectivity index (χ3n) is 6.83. The van der Waals surface area contributed by atoms with E-state index in [9.17, 15) is 14.7 Å². The summed E-state index contributed by atoms with van der Waals surface area (Å²) in [4.78, 5) is 33.0. The van der Waals surface area contributed by atoms with Crippen LogP contribution in [0.1, 0.15) is 50.9 Å². The Morgan fingerprint density at radius 3 is 2.54 bits per heavy atom. The Labute approximate surface area is 222 Å². The normalized spacial score (nSPS) is 16.7. The number of benzene rings is 2. The molecule has 0 aliphatic carbocycles. The van der Waals surface area contributed by atoms with Crippen molar-refractivity contribution in [1.29, 1.82) is 0 Å². The number of carbonyl (C=O) groups is 2. The molecule has 3 aromatic rings. The molecule has 0 radical (unpaired) electrons. The molecule has 2 atom stereocenters. The second kappa shape index (κ2) is 11.6. The fourth-order valence-electron chi connectivity index (χ4n) is 4.86. The predicted molar refractivity (Wildman–Crippen MR) is 146 cm³/mol. The number of nitrogens with zero attached hydrogens (tertiary/aromatic N) is 3. The van der Waals surface area contributed by atoms with Crippen molar-refractivity contribution in [2.75, 3.05) is 6.54 Å². The average molecular weight is 521 g/mol. The minimum absolute atomic E-state index is 0.0280. The van der Waals surface area contributed by atoms with E-state index in [1.54, 1.807) is 11.2 Å². The van der Waals surface area contributed by atoms with Crippen molar-refractivity contribution >= 4 is 29.1 Å². The van der Waals surface area contributed by atoms with Crippen LogP contribution in [0.25, 0.3) is 16.8 Å². The van der Waals surface area contributed by atoms with E-state index in [0.29, 0.717) is 23.6 Å². The van der Waals surface area contributed by atoms with Crippen molar-refractivity contribution in [3.63, 3.8) is 0 Å². The van der Waals surface area contributed by atoms with Crippen molar-refractivity contribution in [2.45, 2.75) is 52.1 Å². The molecule has 8 heteroatoms. The Hall–Kier alpha value is -3.58. The fourth-order valence-corrected chi connectivity index (χ4v) is 5.11. The van der Waals surface area contributed by atoms with Gasteiger partial charge in [0.05, 0.1) is 17.7 Å². The molecule has 1 aromatic heterocycles. The third kappa shape index (κ3) is 5.72. The summed E-state index contributed by atoms with van der Waals surface area (Å²) in [7, 11) is 0. The molecule has 0 bridgehead atoms. The van der Waals surface area contributed by atoms with Gasteiger partial charge >= 0.3 is 0 Å². The highest BCUT2D eigenvalue weighted by Gasteiger charge is 2.39. The first kappa shape index (κ1) is 26.5. The maximum Gasteiger partial charge on any atom is 0.247 e. The second-order valence-corrected chi connectivity index (χ2v) is 10.0. The smallest absolute Gasteiger partial charge is 0.247 e. The molecule has 7 nitrogen and oxygen atoms in total. The summed E-state index contributed by atoms with van der Waals surface area (Å²) in [5.41, 5.74) is 3.67. The van der Waals surface area contributed by atoms with Crippen LogP contribution < -0.4 is 5.32 Å². The zero-order valence-electron chi connectivity index (χ0n) is 21.4. The van der Waals surface area contributed by atoms with Crippen molar-refractivity contribution in [1.82, 2.24) is 19.8 Å². The summed E-state index contributed by atoms with van der Waals surface area (Å²) in [5.74, 6) is -0.379. The number of aryl methyl sites for hydroxylation is 1. The van der Waals surface area contributed by atoms with Crippen LogP contribution in [0.4, 0.5) is 0 Å². The van der Waals surface area contributed by atoms with Crippen LogP contribution in [0.15, 0.2) is 67.3 Å². The van der Waals surface area contributed by atoms with E-state index in [0.717, 1.165) is 35.9 Å². The van der Waals surface area contributed by atoms with Gasteiger partial charge in [-0.15, -0.1) is 0 Å². The van der Waals surface area contributed by atoms with Gasteiger partial charge in [0, 0.05) is 28.9 Å². The van der Waals surface area contributed by atoms with Crippen LogP contribution in [0.5, 0.6) is 0 Å². The molecule has 4 rings (SSSR count). The standard InChI is InChI=1S/C29H33ClN4O3/c1-4-22-16-33(18-31-22)27(19(2)3)29(37)34-15-7-10-26(34)28(36)32-25(17-35)21-13-11-20(12-14-21)23-8-5-6-9-24(23)30/h5-6,8-9,11-14,16-19,26-27,35H,4,7,10,15H2,1-3H3,(H,32,36)/b25-17+/t26-,27-/m0/s1. The number of hydrogen-bond acceptors (Lipinski definition) is 4. The quantitative estimate of drug-likeness (QED) is 0.377. The molecule has 1 aliphatic rings. The monoisotopic (exact) mass is 520 g/mol. The molecule has 0 spiro atoms. The van der Waals surface area contributed by atoms with Crippen LogP contribution >= 0.6 is 11.6 Å². The van der Waals surface area contributed by atoms with Crippen molar-refractivity contribution < 1.29 is 14.7 Å². The highest BCUT2D eigenvalue weighted by Crippen LogP contribution is 2.29. The van der Waals surface area contributed by atoms with Gasteiger partial charge in [0.2, 0.25) is 11.8 Å². The summed E-state index contributed by atoms with van der Waals surface area (Å²) in [6.07, 6.45) is 6.59. The van der Waals surface area contributed by atoms with Crippen molar-refractivity contribution in [3.8, 4) is 11.1 Å². The molecule has 2 aromatic carbocycles. The van der Waals surface area contributed by atoms with E-state index in [1.165, 1.54) is 0 Å². The average Bonchev–Trinajstić information content (AvgIpc) is 3.58. The molecule has 0 saturated carbocycles. The van der Waals surface area contributed by atoms with Crippen LogP contribution in [-0.2, 0) is 16.0 Å². The lowest BCUT2D eigenvalue weighted by Gasteiger charge is -2.30. The Balaban J connectivity index is 1.49. The highest BCUT2D eigenvalue weighted by atomic mass is 35.5. The van der Waals surface area contributed by atoms with Crippen LogP contribution in [0, 0.1) is 5.92 Å². The number of aliphatic hydroxyl groups is 1. The summed E-state index contributed by atoms with van der Waals surface area (Å²) in [6.45, 7) is 6.53. The second-order valence-electron chi connectivity index (χ2n) is 9.63. The summed E-state index contributed by atoms with van der Waals surface area (Å²) in [6, 6.07) is 13.9. The van der Waals surface area contributed by atoms with Gasteiger partial charge in [-0.3, -0.25) is 9.59 Å². The predicted octanol–water partition coefficient (Wildman–Crippen LogP) is 5.63. The maximum absolute atomic E-state index is 13.6. The van der Waals surface area contributed by atoms with E-state index in [-0.39, 0.29) is 23.4 Å². The van der Waals surface area contributed by atoms with Gasteiger partial charge in [-0.25, -0.2) is 4.98 Å². The van der Waals surface area contributed by atoms with Gasteiger partial charge in [0.1, 0.15) is 18.3 Å². The zero-order valence-corrected chi connectivity index (χ0v) is 22.2. The Bertz CT molecular complexity index is 1280. The first-order valence-corrected chi connectivity index (χ1v) is 13.0. The Kier molecular flexibility index (Phi) is 8.34. The molecular formula is C29H33ClN4O3. The van der Waals surface area contributed by atoms with E-state index in [2.05, 4.69) is 10.3 Å². The fraction of sp³-hybridized carbons (Fsp3) is 0.345. The molecule has 1 saturated heterocycles. The Morgan fingerprint density at radius 1 is 1.19 bits per heavy atom. The summed E-state index contributed by atoms with van der Waals surface area (Å²) < 4.78 is 1.86. The molecule has 1 aliphatic heterocycles. The van der Waals surface area contributed by atoms with Crippen LogP contribution in [0.2, 0.25) is 5.02 Å². The number of hydrogen-bond donors (Lipinski definition) is 2. The van der Waals surface area contributed by atoms with Crippen molar-refractivity contribution in [2.24, 2.45) is 5.92 Å². The Morgan fingerprint density at radius 2 is 1.92 bits per heavy atom. The minimum atomic E-state index is -0.611. The molecule has 2 heterocycles. The van der Waals surface area contributed by atoms with Crippen LogP contribution in [-0.4, -0.2) is 44.0 Å². The lowest BCUT2D eigenvalue weighted by Crippen LogP contribution is -2.48. The number of aromatic nitrogens is 2. The SMILES string of the molecule is CCc1cn([C@H](C(=O)N2CCC[C@H]2C(=O)N/C(=C/O)c2ccc(-c3ccccc3Cl)cc2)C(C)C)cn1. The number of rotatable bonds is 8. The molecule has 0 unspecified atom stereocenters. The number of halogens is 1. The van der Waals surface area contributed by atoms with Crippen LogP contribution in [0.3, 0.4) is 0 Å². The van der Waals surface area contributed by atoms with Gasteiger partial charge in [-0.1, -0.05) is 74.8 Å². The molecular weight excluding hydrogens is 488 g/mol. The van der Waals surface area contributed by atoms with Gasteiger partial charge in [0.15, 0.2) is 0 Å². The molecule has 194 valence electrons. The summed E-state index contributed by atoms with van der Waals surface area (Å²) >= 11 is 6.31. The van der Waals surface area contributed by atoms with Gasteiger partial charge in [-0.05, 0) is 36.8 Å². The van der Waals surface area contributed by atoms with E-state index in [4.69, 9.17) is 11.6 Å². The van der Waals surface area contributed by atoms with Crippen molar-refractivity contribution in [3.05, 3.63) is 83.6 Å². The number of aliphatic hydroxyl groups excluding tert-OH is 1. The van der Waals surface area contributed by atoms with Gasteiger partial charge in [-0.2, -0.15) is 0 Å². The number of imidazole rings is 1. The van der Waals surface area contributed by atoms with Gasteiger partial charge in [0.25, 0.3) is 0 Å². The lowest BCUT2D eigenvalue weighted by atomic mass is 10.0. The van der Waals surface area contributed by atoms with E-state index < -0.39 is 12.1 Å². The molecule has 2 N–H and O–H groups in total. The number of carbonyl (C=O) groups excluding carboxylic acids is 2. The molecule has 2 amide bonds. The first-order valence-electron chi connectivity index (χ1n) is 12.7. The highest BCUT2D eigenvalue weighted by molar-refractivity contribution is 6.33. The summed E-state index contributed by atoms with van der Waals surface area (Å²) in [5, 5.41) is 13.4. The number of amides is 2. The third-order valence-corrected chi connectivity index (χ3v) is 7.16. The van der Waals surface area contributed by atoms with E-state index in [1.807, 2.05) is 80.1 Å². The minimum Gasteiger partial charge on any atom is -0.513 e. The molecule has 37 heavy (non-hydrogen) atoms. The first-order chi connectivity index (χ1) is 17.8. The maximum atomic E-state index is 13.6. The lowest BCUT2D eigenvalue weighted by molar-refractivity contribution is -0.141. The largest absolute Gasteiger partial charge is 0.513 e. The number of nitrogens with one attached hydrogen (secondary N) is 1. The van der Waals surface area contributed by atoms with Gasteiger partial charge < -0.3 is 19.9 Å².